The minimum Gasteiger partial charge on any atom is -0.0848 e. The van der Waals surface area contributed by atoms with E-state index in [0.29, 0.717) is 5.92 Å². The molecule has 0 heterocycles. The highest BCUT2D eigenvalue weighted by atomic mass is 14.0. The lowest BCUT2D eigenvalue weighted by Gasteiger charge is -2.07. The third-order valence-corrected chi connectivity index (χ3v) is 1.67. The van der Waals surface area contributed by atoms with Gasteiger partial charge in [0.1, 0.15) is 0 Å². The molecular weight excluding hydrogens is 120 g/mol. The molecule has 0 aliphatic heterocycles. The molecule has 0 aliphatic rings. The summed E-state index contributed by atoms with van der Waals surface area (Å²) in [4.78, 5) is 0. The largest absolute Gasteiger partial charge is 0.0848 e. The van der Waals surface area contributed by atoms with Crippen LogP contribution in [0.4, 0.5) is 0 Å². The first-order valence-corrected chi connectivity index (χ1v) is 4.21. The molecule has 0 saturated heterocycles. The Morgan fingerprint density at radius 2 is 2.00 bits per heavy atom. The van der Waals surface area contributed by atoms with Gasteiger partial charge in [0.2, 0.25) is 0 Å². The first-order valence-electron chi connectivity index (χ1n) is 4.21. The zero-order valence-electron chi connectivity index (χ0n) is 7.65. The Kier molecular flexibility index (Phi) is 5.38. The topological polar surface area (TPSA) is 0 Å². The van der Waals surface area contributed by atoms with Crippen LogP contribution in [0, 0.1) is 12.3 Å². The third-order valence-electron chi connectivity index (χ3n) is 1.67. The molecule has 59 valence electrons. The summed E-state index contributed by atoms with van der Waals surface area (Å²) in [5.74, 6) is 0.691. The van der Waals surface area contributed by atoms with Crippen LogP contribution < -0.4 is 0 Å². The molecule has 0 nitrogen and oxygen atoms in total. The van der Waals surface area contributed by atoms with Crippen LogP contribution in [0.25, 0.3) is 0 Å². The van der Waals surface area contributed by atoms with Crippen LogP contribution in [0.15, 0.2) is 11.6 Å². The van der Waals surface area contributed by atoms with Crippen molar-refractivity contribution in [2.45, 2.75) is 40.5 Å². The van der Waals surface area contributed by atoms with E-state index in [4.69, 9.17) is 0 Å². The van der Waals surface area contributed by atoms with E-state index in [9.17, 15) is 0 Å². The fraction of sp³-hybridized carbons (Fsp3) is 0.700. The summed E-state index contributed by atoms with van der Waals surface area (Å²) < 4.78 is 0. The van der Waals surface area contributed by atoms with Crippen LogP contribution >= 0.6 is 0 Å². The second-order valence-corrected chi connectivity index (χ2v) is 2.94. The molecule has 0 rings (SSSR count). The van der Waals surface area contributed by atoms with Crippen LogP contribution in [0.3, 0.4) is 0 Å². The molecule has 0 amide bonds. The second-order valence-electron chi connectivity index (χ2n) is 2.94. The fourth-order valence-electron chi connectivity index (χ4n) is 0.998. The van der Waals surface area contributed by atoms with Gasteiger partial charge in [0.15, 0.2) is 0 Å². The van der Waals surface area contributed by atoms with Crippen molar-refractivity contribution >= 4 is 0 Å². The van der Waals surface area contributed by atoms with E-state index in [1.807, 2.05) is 0 Å². The van der Waals surface area contributed by atoms with Crippen LogP contribution in [-0.2, 0) is 0 Å². The van der Waals surface area contributed by atoms with E-state index in [1.165, 1.54) is 18.4 Å². The predicted molar refractivity (Wildman–Crippen MR) is 47.8 cm³/mol. The van der Waals surface area contributed by atoms with Gasteiger partial charge in [-0.15, -0.1) is 0 Å². The maximum absolute atomic E-state index is 2.34. The summed E-state index contributed by atoms with van der Waals surface area (Å²) in [6, 6.07) is 0. The number of rotatable bonds is 4. The lowest BCUT2D eigenvalue weighted by atomic mass is 9.99. The van der Waals surface area contributed by atoms with Gasteiger partial charge in [-0.05, 0) is 18.8 Å². The lowest BCUT2D eigenvalue weighted by Crippen LogP contribution is -1.92. The number of hydrogen-bond acceptors (Lipinski definition) is 0. The summed E-state index contributed by atoms with van der Waals surface area (Å²) in [5, 5.41) is 0. The molecule has 0 bridgehead atoms. The van der Waals surface area contributed by atoms with Crippen LogP contribution in [0.2, 0.25) is 0 Å². The molecular formula is C10H19. The SMILES string of the molecule is C[CH]/C(=C/CCC)C(C)C. The molecule has 0 N–H and O–H groups in total. The average Bonchev–Trinajstić information content (AvgIpc) is 1.89. The van der Waals surface area contributed by atoms with Gasteiger partial charge in [-0.3, -0.25) is 0 Å². The Hall–Kier alpha value is -0.260. The van der Waals surface area contributed by atoms with E-state index in [-0.39, 0.29) is 0 Å². The molecule has 0 atom stereocenters. The highest BCUT2D eigenvalue weighted by Crippen LogP contribution is 2.13. The van der Waals surface area contributed by atoms with Crippen molar-refractivity contribution in [1.29, 1.82) is 0 Å². The number of hydrogen-bond donors (Lipinski definition) is 0. The molecule has 0 aromatic heterocycles. The lowest BCUT2D eigenvalue weighted by molar-refractivity contribution is 0.763. The molecule has 0 unspecified atom stereocenters. The molecule has 0 spiro atoms. The van der Waals surface area contributed by atoms with Gasteiger partial charge in [0.05, 0.1) is 0 Å². The highest BCUT2D eigenvalue weighted by molar-refractivity contribution is 5.13. The van der Waals surface area contributed by atoms with Crippen LogP contribution in [0.5, 0.6) is 0 Å². The summed E-state index contributed by atoms with van der Waals surface area (Å²) >= 11 is 0. The molecule has 0 aromatic rings. The molecule has 0 heteroatoms. The standard InChI is InChI=1S/C10H19/c1-5-7-8-10(6-2)9(3)4/h6,8-9H,5,7H2,1-4H3/b10-8-. The molecule has 10 heavy (non-hydrogen) atoms. The molecule has 0 fully saturated rings. The Bertz CT molecular complexity index is 98.6. The monoisotopic (exact) mass is 139 g/mol. The molecule has 0 saturated carbocycles. The molecule has 1 radical (unpaired) electrons. The summed E-state index contributed by atoms with van der Waals surface area (Å²) in [7, 11) is 0. The van der Waals surface area contributed by atoms with Crippen molar-refractivity contribution < 1.29 is 0 Å². The summed E-state index contributed by atoms with van der Waals surface area (Å²) in [6.45, 7) is 8.80. The maximum Gasteiger partial charge on any atom is -0.0166 e. The second kappa shape index (κ2) is 5.52. The van der Waals surface area contributed by atoms with Crippen LogP contribution in [-0.4, -0.2) is 0 Å². The first kappa shape index (κ1) is 9.74. The van der Waals surface area contributed by atoms with Crippen molar-refractivity contribution in [3.63, 3.8) is 0 Å². The van der Waals surface area contributed by atoms with Crippen LogP contribution in [0.1, 0.15) is 40.5 Å². The minimum absolute atomic E-state index is 0.691. The van der Waals surface area contributed by atoms with Gasteiger partial charge >= 0.3 is 0 Å². The van der Waals surface area contributed by atoms with Crippen molar-refractivity contribution in [3.05, 3.63) is 18.1 Å². The summed E-state index contributed by atoms with van der Waals surface area (Å²) in [5.41, 5.74) is 1.49. The predicted octanol–water partition coefficient (Wildman–Crippen LogP) is 3.59. The number of unbranched alkanes of at least 4 members (excludes halogenated alkanes) is 1. The van der Waals surface area contributed by atoms with E-state index < -0.39 is 0 Å². The zero-order valence-corrected chi connectivity index (χ0v) is 7.65. The average molecular weight is 139 g/mol. The Morgan fingerprint density at radius 1 is 1.40 bits per heavy atom. The Balaban J connectivity index is 3.79. The number of allylic oxidation sites excluding steroid dienone is 2. The van der Waals surface area contributed by atoms with E-state index in [0.717, 1.165) is 0 Å². The first-order chi connectivity index (χ1) is 4.72. The van der Waals surface area contributed by atoms with Gasteiger partial charge in [0.25, 0.3) is 0 Å². The maximum atomic E-state index is 2.34. The van der Waals surface area contributed by atoms with Crippen molar-refractivity contribution in [3.8, 4) is 0 Å². The summed E-state index contributed by atoms with van der Waals surface area (Å²) in [6.07, 6.45) is 7.02. The van der Waals surface area contributed by atoms with Crippen molar-refractivity contribution in [1.82, 2.24) is 0 Å². The fourth-order valence-corrected chi connectivity index (χ4v) is 0.998. The molecule has 0 aliphatic carbocycles. The van der Waals surface area contributed by atoms with Crippen molar-refractivity contribution in [2.24, 2.45) is 5.92 Å². The smallest absolute Gasteiger partial charge is 0.0166 e. The van der Waals surface area contributed by atoms with Gasteiger partial charge in [0, 0.05) is 0 Å². The zero-order chi connectivity index (χ0) is 7.98. The Morgan fingerprint density at radius 3 is 2.30 bits per heavy atom. The van der Waals surface area contributed by atoms with Gasteiger partial charge in [-0.2, -0.15) is 0 Å². The Labute approximate surface area is 65.3 Å². The van der Waals surface area contributed by atoms with Gasteiger partial charge in [-0.25, -0.2) is 0 Å². The highest BCUT2D eigenvalue weighted by Gasteiger charge is 1.98. The van der Waals surface area contributed by atoms with E-state index >= 15 is 0 Å². The van der Waals surface area contributed by atoms with E-state index in [1.54, 1.807) is 0 Å². The third kappa shape index (κ3) is 3.71. The quantitative estimate of drug-likeness (QED) is 0.558. The normalized spacial score (nSPS) is 12.7. The van der Waals surface area contributed by atoms with Gasteiger partial charge < -0.3 is 0 Å². The minimum atomic E-state index is 0.691. The van der Waals surface area contributed by atoms with Gasteiger partial charge in [-0.1, -0.05) is 45.8 Å². The van der Waals surface area contributed by atoms with E-state index in [2.05, 4.69) is 40.2 Å². The molecule has 0 aromatic carbocycles. The van der Waals surface area contributed by atoms with Crippen molar-refractivity contribution in [2.75, 3.05) is 0 Å².